The smallest absolute Gasteiger partial charge is 0.294 e. The van der Waals surface area contributed by atoms with E-state index in [-0.39, 0.29) is 10.6 Å². The molecule has 0 spiro atoms. The summed E-state index contributed by atoms with van der Waals surface area (Å²) in [6.07, 6.45) is 0. The maximum Gasteiger partial charge on any atom is 0.294 e. The van der Waals surface area contributed by atoms with Crippen molar-refractivity contribution in [2.75, 3.05) is 20.6 Å². The molecule has 0 amide bonds. The molecule has 0 heterocycles. The van der Waals surface area contributed by atoms with Crippen molar-refractivity contribution in [3.63, 3.8) is 0 Å². The van der Waals surface area contributed by atoms with Gasteiger partial charge in [0.25, 0.3) is 10.1 Å². The first-order chi connectivity index (χ1) is 11.8. The van der Waals surface area contributed by atoms with Gasteiger partial charge in [-0.25, -0.2) is 0 Å². The molecule has 0 fully saturated rings. The van der Waals surface area contributed by atoms with Crippen LogP contribution in [0.4, 0.5) is 0 Å². The molecule has 0 atom stereocenters. The van der Waals surface area contributed by atoms with Gasteiger partial charge in [-0.1, -0.05) is 44.2 Å². The molecule has 2 aromatic rings. The zero-order valence-corrected chi connectivity index (χ0v) is 16.8. The van der Waals surface area contributed by atoms with E-state index in [2.05, 4.69) is 26.2 Å². The van der Waals surface area contributed by atoms with E-state index in [1.165, 1.54) is 17.7 Å². The summed E-state index contributed by atoms with van der Waals surface area (Å²) in [4.78, 5) is -0.141. The van der Waals surface area contributed by atoms with E-state index in [0.29, 0.717) is 22.2 Å². The lowest BCUT2D eigenvalue weighted by atomic mass is 9.82. The van der Waals surface area contributed by atoms with E-state index in [1.54, 1.807) is 6.92 Å². The molecule has 2 N–H and O–H groups in total. The Labute approximate surface area is 156 Å². The summed E-state index contributed by atoms with van der Waals surface area (Å²) < 4.78 is 34.1. The fourth-order valence-corrected chi connectivity index (χ4v) is 4.64. The molecule has 2 aromatic carbocycles. The summed E-state index contributed by atoms with van der Waals surface area (Å²) in [6.45, 7) is 6.86. The molecule has 0 aliphatic rings. The lowest BCUT2D eigenvalue weighted by Crippen LogP contribution is -2.47. The second-order valence-corrected chi connectivity index (χ2v) is 9.62. The summed E-state index contributed by atoms with van der Waals surface area (Å²) in [5.41, 5.74) is 1.43. The minimum absolute atomic E-state index is 0.0221. The van der Waals surface area contributed by atoms with Crippen molar-refractivity contribution < 1.29 is 22.6 Å². The predicted octanol–water partition coefficient (Wildman–Crippen LogP) is 3.50. The Morgan fingerprint density at radius 1 is 1.08 bits per heavy atom. The number of aromatic hydroxyl groups is 1. The van der Waals surface area contributed by atoms with Crippen molar-refractivity contribution in [3.8, 4) is 5.75 Å². The molecule has 0 aromatic heterocycles. The number of benzene rings is 2. The van der Waals surface area contributed by atoms with Crippen LogP contribution in [0.25, 0.3) is 0 Å². The van der Waals surface area contributed by atoms with E-state index in [9.17, 15) is 18.1 Å². The van der Waals surface area contributed by atoms with E-state index in [4.69, 9.17) is 0 Å². The fraction of sp³-hybridized carbons (Fsp3) is 0.400. The molecule has 5 nitrogen and oxygen atoms in total. The summed E-state index contributed by atoms with van der Waals surface area (Å²) in [5.74, 6) is 0.0221. The van der Waals surface area contributed by atoms with Crippen molar-refractivity contribution in [2.45, 2.75) is 37.6 Å². The summed E-state index contributed by atoms with van der Waals surface area (Å²) >= 11 is 0. The first-order valence-corrected chi connectivity index (χ1v) is 9.93. The Morgan fingerprint density at radius 2 is 1.65 bits per heavy atom. The third-order valence-electron chi connectivity index (χ3n) is 4.58. The molecule has 2 rings (SSSR count). The molecule has 26 heavy (non-hydrogen) atoms. The molecular weight excluding hydrogens is 350 g/mol. The average molecular weight is 379 g/mol. The van der Waals surface area contributed by atoms with E-state index < -0.39 is 15.5 Å². The first kappa shape index (κ1) is 20.4. The van der Waals surface area contributed by atoms with Gasteiger partial charge in [-0.15, -0.1) is 0 Å². The molecule has 0 radical (unpaired) electrons. The number of hydrogen-bond donors (Lipinski definition) is 2. The lowest BCUT2D eigenvalue weighted by molar-refractivity contribution is -0.907. The van der Waals surface area contributed by atoms with Gasteiger partial charge in [0.05, 0.1) is 25.5 Å². The first-order valence-electron chi connectivity index (χ1n) is 8.49. The molecule has 0 bridgehead atoms. The highest BCUT2D eigenvalue weighted by atomic mass is 32.2. The zero-order chi connectivity index (χ0) is 19.8. The summed E-state index contributed by atoms with van der Waals surface area (Å²) in [6, 6.07) is 12.9. The highest BCUT2D eigenvalue weighted by Gasteiger charge is 2.35. The van der Waals surface area contributed by atoms with Gasteiger partial charge in [0.2, 0.25) is 0 Å². The minimum atomic E-state index is -4.39. The van der Waals surface area contributed by atoms with Gasteiger partial charge in [0.1, 0.15) is 12.3 Å². The monoisotopic (exact) mass is 378 g/mol. The van der Waals surface area contributed by atoms with E-state index >= 15 is 0 Å². The van der Waals surface area contributed by atoms with Crippen molar-refractivity contribution in [1.29, 1.82) is 0 Å². The van der Waals surface area contributed by atoms with Crippen LogP contribution in [0, 0.1) is 6.92 Å². The average Bonchev–Trinajstić information content (AvgIpc) is 2.47. The van der Waals surface area contributed by atoms with Crippen LogP contribution in [0.5, 0.6) is 5.75 Å². The third kappa shape index (κ3) is 4.84. The SMILES string of the molecule is Cc1cc(S(=O)(=O)O)c(C(C)(C)C[N+](C)(C)Cc2ccccc2)cc1O. The highest BCUT2D eigenvalue weighted by Crippen LogP contribution is 2.35. The number of likely N-dealkylation sites (N-methyl/N-ethyl adjacent to an activating group) is 1. The van der Waals surface area contributed by atoms with E-state index in [1.807, 2.05) is 32.0 Å². The van der Waals surface area contributed by atoms with Gasteiger partial charge in [-0.2, -0.15) is 8.42 Å². The number of hydrogen-bond acceptors (Lipinski definition) is 3. The Hall–Kier alpha value is -1.89. The van der Waals surface area contributed by atoms with Crippen molar-refractivity contribution >= 4 is 10.1 Å². The van der Waals surface area contributed by atoms with Crippen molar-refractivity contribution in [3.05, 3.63) is 59.2 Å². The second-order valence-electron chi connectivity index (χ2n) is 8.23. The van der Waals surface area contributed by atoms with Crippen molar-refractivity contribution in [2.24, 2.45) is 0 Å². The fourth-order valence-electron chi connectivity index (χ4n) is 3.70. The molecule has 0 saturated carbocycles. The molecule has 0 aliphatic heterocycles. The maximum atomic E-state index is 11.9. The highest BCUT2D eigenvalue weighted by molar-refractivity contribution is 7.85. The van der Waals surface area contributed by atoms with Crippen LogP contribution < -0.4 is 0 Å². The molecule has 142 valence electrons. The summed E-state index contributed by atoms with van der Waals surface area (Å²) in [5, 5.41) is 10.1. The summed E-state index contributed by atoms with van der Waals surface area (Å²) in [7, 11) is -0.230. The van der Waals surface area contributed by atoms with Crippen LogP contribution in [0.1, 0.15) is 30.5 Å². The van der Waals surface area contributed by atoms with E-state index in [0.717, 1.165) is 6.54 Å². The number of phenolic OH excluding ortho intramolecular Hbond substituents is 1. The van der Waals surface area contributed by atoms with Crippen LogP contribution in [0.15, 0.2) is 47.4 Å². The number of rotatable bonds is 6. The number of aryl methyl sites for hydroxylation is 1. The number of quaternary nitrogens is 1. The van der Waals surface area contributed by atoms with Gasteiger partial charge in [0, 0.05) is 11.0 Å². The normalized spacial score (nSPS) is 13.0. The number of phenols is 1. The van der Waals surface area contributed by atoms with Crippen LogP contribution in [-0.4, -0.2) is 43.2 Å². The Kier molecular flexibility index (Phi) is 5.52. The number of nitrogens with zero attached hydrogens (tertiary/aromatic N) is 1. The second kappa shape index (κ2) is 7.02. The van der Waals surface area contributed by atoms with Crippen LogP contribution in [0.2, 0.25) is 0 Å². The topological polar surface area (TPSA) is 74.6 Å². The van der Waals surface area contributed by atoms with Crippen LogP contribution in [-0.2, 0) is 22.1 Å². The van der Waals surface area contributed by atoms with Gasteiger partial charge in [-0.3, -0.25) is 4.55 Å². The molecule has 6 heteroatoms. The minimum Gasteiger partial charge on any atom is -0.508 e. The standard InChI is InChI=1S/C20H27NO4S/c1-15-11-19(26(23,24)25)17(12-18(15)22)20(2,3)14-21(4,5)13-16-9-7-6-8-10-16/h6-12H,13-14H2,1-5H3,(H-,22,23,24,25)/p+1. The molecule has 0 saturated heterocycles. The Bertz CT molecular complexity index is 888. The lowest BCUT2D eigenvalue weighted by Gasteiger charge is -2.38. The third-order valence-corrected chi connectivity index (χ3v) is 5.48. The van der Waals surface area contributed by atoms with Crippen LogP contribution >= 0.6 is 0 Å². The Balaban J connectivity index is 2.42. The maximum absolute atomic E-state index is 11.9. The van der Waals surface area contributed by atoms with Crippen LogP contribution in [0.3, 0.4) is 0 Å². The van der Waals surface area contributed by atoms with Gasteiger partial charge in [-0.05, 0) is 30.2 Å². The molecule has 0 aliphatic carbocycles. The quantitative estimate of drug-likeness (QED) is 0.596. The largest absolute Gasteiger partial charge is 0.508 e. The van der Waals surface area contributed by atoms with Gasteiger partial charge in [0.15, 0.2) is 0 Å². The van der Waals surface area contributed by atoms with Gasteiger partial charge >= 0.3 is 0 Å². The molecule has 0 unspecified atom stereocenters. The molecular formula is C20H28NO4S+. The van der Waals surface area contributed by atoms with Gasteiger partial charge < -0.3 is 9.59 Å². The predicted molar refractivity (Wildman–Crippen MR) is 103 cm³/mol. The van der Waals surface area contributed by atoms with Crippen molar-refractivity contribution in [1.82, 2.24) is 0 Å². The Morgan fingerprint density at radius 3 is 2.19 bits per heavy atom. The zero-order valence-electron chi connectivity index (χ0n) is 16.0.